The number of fused-ring (bicyclic) bond motifs is 1. The quantitative estimate of drug-likeness (QED) is 0.883. The molecule has 4 nitrogen and oxygen atoms in total. The molecule has 0 radical (unpaired) electrons. The zero-order chi connectivity index (χ0) is 16.2. The van der Waals surface area contributed by atoms with Crippen molar-refractivity contribution in [2.45, 2.75) is 6.18 Å². The van der Waals surface area contributed by atoms with Gasteiger partial charge in [-0.1, -0.05) is 36.4 Å². The van der Waals surface area contributed by atoms with Crippen LogP contribution in [0.3, 0.4) is 0 Å². The van der Waals surface area contributed by atoms with Gasteiger partial charge in [0, 0.05) is 0 Å². The zero-order valence-corrected chi connectivity index (χ0v) is 11.3. The summed E-state index contributed by atoms with van der Waals surface area (Å²) >= 11 is 0. The molecule has 0 atom stereocenters. The first-order valence-electron chi connectivity index (χ1n) is 6.35. The number of benzene rings is 2. The molecule has 0 unspecified atom stereocenters. The van der Waals surface area contributed by atoms with Gasteiger partial charge in [0.1, 0.15) is 6.54 Å². The normalized spacial score (nSPS) is 11.2. The van der Waals surface area contributed by atoms with Gasteiger partial charge < -0.3 is 10.1 Å². The molecule has 0 aromatic heterocycles. The average molecular weight is 311 g/mol. The van der Waals surface area contributed by atoms with E-state index in [4.69, 9.17) is 4.74 Å². The fourth-order valence-electron chi connectivity index (χ4n) is 1.86. The number of rotatable bonds is 4. The summed E-state index contributed by atoms with van der Waals surface area (Å²) in [5, 5.41) is 3.09. The molecule has 7 heteroatoms. The molecule has 0 aliphatic heterocycles. The van der Waals surface area contributed by atoms with Crippen LogP contribution in [0.15, 0.2) is 42.5 Å². The van der Waals surface area contributed by atoms with Crippen LogP contribution in [0.1, 0.15) is 10.4 Å². The van der Waals surface area contributed by atoms with Crippen LogP contribution < -0.4 is 5.32 Å². The first-order valence-corrected chi connectivity index (χ1v) is 6.35. The predicted molar refractivity (Wildman–Crippen MR) is 73.3 cm³/mol. The van der Waals surface area contributed by atoms with E-state index >= 15 is 0 Å². The van der Waals surface area contributed by atoms with Gasteiger partial charge in [0.15, 0.2) is 6.61 Å². The third-order valence-corrected chi connectivity index (χ3v) is 2.83. The Bertz CT molecular complexity index is 692. The number of halogens is 3. The predicted octanol–water partition coefficient (Wildman–Crippen LogP) is 2.68. The van der Waals surface area contributed by atoms with E-state index < -0.39 is 31.2 Å². The minimum absolute atomic E-state index is 0.252. The Balaban J connectivity index is 1.99. The molecular weight excluding hydrogens is 299 g/mol. The highest BCUT2D eigenvalue weighted by atomic mass is 19.4. The summed E-state index contributed by atoms with van der Waals surface area (Å²) < 4.78 is 40.5. The molecule has 0 aliphatic rings. The highest BCUT2D eigenvalue weighted by molar-refractivity contribution is 6.04. The maximum atomic E-state index is 11.9. The molecule has 2 aromatic rings. The summed E-state index contributed by atoms with van der Waals surface area (Å²) in [6.07, 6.45) is -4.50. The second kappa shape index (κ2) is 6.46. The number of hydrogen-bond acceptors (Lipinski definition) is 3. The number of hydrogen-bond donors (Lipinski definition) is 1. The van der Waals surface area contributed by atoms with Crippen molar-refractivity contribution >= 4 is 22.6 Å². The van der Waals surface area contributed by atoms with Gasteiger partial charge in [0.05, 0.1) is 5.56 Å². The average Bonchev–Trinajstić information content (AvgIpc) is 2.49. The van der Waals surface area contributed by atoms with Gasteiger partial charge in [-0.2, -0.15) is 13.2 Å². The highest BCUT2D eigenvalue weighted by Crippen LogP contribution is 2.19. The second-order valence-corrected chi connectivity index (χ2v) is 4.49. The Morgan fingerprint density at radius 2 is 1.73 bits per heavy atom. The van der Waals surface area contributed by atoms with E-state index in [1.165, 1.54) is 6.07 Å². The maximum Gasteiger partial charge on any atom is 0.405 e. The number of amides is 1. The van der Waals surface area contributed by atoms with Crippen molar-refractivity contribution < 1.29 is 27.5 Å². The van der Waals surface area contributed by atoms with Gasteiger partial charge in [-0.05, 0) is 16.8 Å². The second-order valence-electron chi connectivity index (χ2n) is 4.49. The Labute approximate surface area is 123 Å². The minimum atomic E-state index is -4.50. The molecule has 22 heavy (non-hydrogen) atoms. The molecule has 2 rings (SSSR count). The fourth-order valence-corrected chi connectivity index (χ4v) is 1.86. The van der Waals surface area contributed by atoms with E-state index in [0.29, 0.717) is 5.39 Å². The molecule has 0 spiro atoms. The standard InChI is InChI=1S/C15H12F3NO3/c16-15(17,18)9-19-13(20)8-22-14(21)12-7-3-5-10-4-1-2-6-11(10)12/h1-7H,8-9H2,(H,19,20). The topological polar surface area (TPSA) is 55.4 Å². The van der Waals surface area contributed by atoms with Crippen LogP contribution >= 0.6 is 0 Å². The zero-order valence-electron chi connectivity index (χ0n) is 11.3. The molecule has 0 aliphatic carbocycles. The molecule has 0 bridgehead atoms. The highest BCUT2D eigenvalue weighted by Gasteiger charge is 2.27. The van der Waals surface area contributed by atoms with Gasteiger partial charge in [-0.3, -0.25) is 4.79 Å². The van der Waals surface area contributed by atoms with Crippen LogP contribution in [0.4, 0.5) is 13.2 Å². The van der Waals surface area contributed by atoms with Crippen molar-refractivity contribution in [1.29, 1.82) is 0 Å². The van der Waals surface area contributed by atoms with Gasteiger partial charge in [-0.15, -0.1) is 0 Å². The number of alkyl halides is 3. The van der Waals surface area contributed by atoms with Gasteiger partial charge in [0.25, 0.3) is 5.91 Å². The number of carbonyl (C=O) groups excluding carboxylic acids is 2. The number of ether oxygens (including phenoxy) is 1. The van der Waals surface area contributed by atoms with Gasteiger partial charge >= 0.3 is 12.1 Å². The van der Waals surface area contributed by atoms with E-state index in [0.717, 1.165) is 5.39 Å². The molecule has 116 valence electrons. The molecule has 1 amide bonds. The third kappa shape index (κ3) is 4.21. The van der Waals surface area contributed by atoms with E-state index in [1.54, 1.807) is 23.5 Å². The van der Waals surface area contributed by atoms with Crippen molar-refractivity contribution in [3.05, 3.63) is 48.0 Å². The number of carbonyl (C=O) groups is 2. The van der Waals surface area contributed by atoms with E-state index in [2.05, 4.69) is 0 Å². The largest absolute Gasteiger partial charge is 0.452 e. The van der Waals surface area contributed by atoms with Gasteiger partial charge in [0.2, 0.25) is 0 Å². The lowest BCUT2D eigenvalue weighted by molar-refractivity contribution is -0.140. The van der Waals surface area contributed by atoms with Crippen LogP contribution in [-0.2, 0) is 9.53 Å². The van der Waals surface area contributed by atoms with Gasteiger partial charge in [-0.25, -0.2) is 4.79 Å². The molecule has 0 heterocycles. The SMILES string of the molecule is O=C(COC(=O)c1cccc2ccccc12)NCC(F)(F)F. The first kappa shape index (κ1) is 15.8. The van der Waals surface area contributed by atoms with Crippen LogP contribution in [0.2, 0.25) is 0 Å². The summed E-state index contributed by atoms with van der Waals surface area (Å²) in [5.74, 6) is -1.77. The smallest absolute Gasteiger partial charge is 0.405 e. The summed E-state index contributed by atoms with van der Waals surface area (Å²) in [6, 6.07) is 12.1. The molecule has 0 fully saturated rings. The molecule has 2 aromatic carbocycles. The lowest BCUT2D eigenvalue weighted by Crippen LogP contribution is -2.36. The number of esters is 1. The van der Waals surface area contributed by atoms with E-state index in [9.17, 15) is 22.8 Å². The summed E-state index contributed by atoms with van der Waals surface area (Å²) in [4.78, 5) is 23.1. The fraction of sp³-hybridized carbons (Fsp3) is 0.200. The third-order valence-electron chi connectivity index (χ3n) is 2.83. The van der Waals surface area contributed by atoms with Crippen molar-refractivity contribution in [2.24, 2.45) is 0 Å². The molecule has 0 saturated heterocycles. The number of nitrogens with one attached hydrogen (secondary N) is 1. The Morgan fingerprint density at radius 3 is 2.45 bits per heavy atom. The van der Waals surface area contributed by atoms with Crippen LogP contribution in [0.5, 0.6) is 0 Å². The monoisotopic (exact) mass is 311 g/mol. The lowest BCUT2D eigenvalue weighted by Gasteiger charge is -2.09. The van der Waals surface area contributed by atoms with E-state index in [-0.39, 0.29) is 5.56 Å². The molecular formula is C15H12F3NO3. The summed E-state index contributed by atoms with van der Waals surface area (Å²) in [5.41, 5.74) is 0.252. The van der Waals surface area contributed by atoms with Crippen molar-refractivity contribution in [1.82, 2.24) is 5.32 Å². The summed E-state index contributed by atoms with van der Waals surface area (Å²) in [6.45, 7) is -2.23. The summed E-state index contributed by atoms with van der Waals surface area (Å²) in [7, 11) is 0. The van der Waals surface area contributed by atoms with Crippen LogP contribution in [-0.4, -0.2) is 31.2 Å². The Morgan fingerprint density at radius 1 is 1.05 bits per heavy atom. The Hall–Kier alpha value is -2.57. The van der Waals surface area contributed by atoms with E-state index in [1.807, 2.05) is 18.2 Å². The molecule has 0 saturated carbocycles. The minimum Gasteiger partial charge on any atom is -0.452 e. The van der Waals surface area contributed by atoms with Crippen molar-refractivity contribution in [3.8, 4) is 0 Å². The van der Waals surface area contributed by atoms with Crippen LogP contribution in [0, 0.1) is 0 Å². The first-order chi connectivity index (χ1) is 10.4. The Kier molecular flexibility index (Phi) is 4.65. The maximum absolute atomic E-state index is 11.9. The molecule has 1 N–H and O–H groups in total. The van der Waals surface area contributed by atoms with Crippen molar-refractivity contribution in [3.63, 3.8) is 0 Å². The van der Waals surface area contributed by atoms with Crippen molar-refractivity contribution in [2.75, 3.05) is 13.2 Å². The lowest BCUT2D eigenvalue weighted by atomic mass is 10.1. The van der Waals surface area contributed by atoms with Crippen LogP contribution in [0.25, 0.3) is 10.8 Å².